The van der Waals surface area contributed by atoms with Crippen molar-refractivity contribution < 1.29 is 9.13 Å². The van der Waals surface area contributed by atoms with Crippen LogP contribution in [0.4, 0.5) is 4.39 Å². The van der Waals surface area contributed by atoms with Crippen LogP contribution in [0.1, 0.15) is 31.9 Å². The first kappa shape index (κ1) is 14.9. The van der Waals surface area contributed by atoms with Crippen molar-refractivity contribution in [1.82, 2.24) is 0 Å². The Bertz CT molecular complexity index is 602. The molecule has 0 radical (unpaired) electrons. The van der Waals surface area contributed by atoms with E-state index in [1.165, 1.54) is 6.07 Å². The van der Waals surface area contributed by atoms with Crippen molar-refractivity contribution in [2.75, 3.05) is 0 Å². The lowest BCUT2D eigenvalue weighted by Crippen LogP contribution is -2.13. The molecule has 0 saturated carbocycles. The molecule has 0 N–H and O–H groups in total. The molecule has 0 spiro atoms. The van der Waals surface area contributed by atoms with E-state index in [9.17, 15) is 4.39 Å². The zero-order valence-corrected chi connectivity index (χ0v) is 12.7. The lowest BCUT2D eigenvalue weighted by Gasteiger charge is -2.22. The Labute approximate surface area is 124 Å². The van der Waals surface area contributed by atoms with E-state index in [0.717, 1.165) is 11.3 Å². The van der Waals surface area contributed by atoms with E-state index >= 15 is 0 Å². The zero-order chi connectivity index (χ0) is 14.8. The molecule has 0 aromatic heterocycles. The molecule has 0 aliphatic carbocycles. The van der Waals surface area contributed by atoms with Gasteiger partial charge >= 0.3 is 0 Å². The highest BCUT2D eigenvalue weighted by atomic mass is 35.5. The van der Waals surface area contributed by atoms with Gasteiger partial charge in [0.15, 0.2) is 0 Å². The van der Waals surface area contributed by atoms with Gasteiger partial charge in [0.1, 0.15) is 18.2 Å². The summed E-state index contributed by atoms with van der Waals surface area (Å²) in [7, 11) is 0. The summed E-state index contributed by atoms with van der Waals surface area (Å²) >= 11 is 5.77. The van der Waals surface area contributed by atoms with Crippen LogP contribution in [0.15, 0.2) is 42.5 Å². The summed E-state index contributed by atoms with van der Waals surface area (Å²) in [4.78, 5) is 0. The molecule has 2 aromatic carbocycles. The number of hydrogen-bond acceptors (Lipinski definition) is 1. The van der Waals surface area contributed by atoms with Crippen molar-refractivity contribution in [3.8, 4) is 5.75 Å². The lowest BCUT2D eigenvalue weighted by molar-refractivity contribution is 0.292. The zero-order valence-electron chi connectivity index (χ0n) is 11.9. The van der Waals surface area contributed by atoms with Crippen molar-refractivity contribution >= 4 is 11.6 Å². The summed E-state index contributed by atoms with van der Waals surface area (Å²) in [6, 6.07) is 12.8. The molecular weight excluding hydrogens is 275 g/mol. The molecule has 0 unspecified atom stereocenters. The van der Waals surface area contributed by atoms with E-state index in [1.807, 2.05) is 24.3 Å². The summed E-state index contributed by atoms with van der Waals surface area (Å²) < 4.78 is 19.6. The highest BCUT2D eigenvalue weighted by Crippen LogP contribution is 2.31. The molecule has 3 heteroatoms. The van der Waals surface area contributed by atoms with Crippen LogP contribution in [0.3, 0.4) is 0 Å². The summed E-state index contributed by atoms with van der Waals surface area (Å²) in [6.45, 7) is 6.53. The molecule has 2 aromatic rings. The maximum atomic E-state index is 13.8. The second-order valence-electron chi connectivity index (χ2n) is 5.75. The van der Waals surface area contributed by atoms with E-state index < -0.39 is 5.82 Å². The first-order chi connectivity index (χ1) is 9.39. The number of para-hydroxylation sites is 1. The fourth-order valence-corrected chi connectivity index (χ4v) is 2.22. The van der Waals surface area contributed by atoms with Gasteiger partial charge in [-0.2, -0.15) is 0 Å². The Morgan fingerprint density at radius 1 is 1.05 bits per heavy atom. The van der Waals surface area contributed by atoms with Gasteiger partial charge in [-0.25, -0.2) is 4.39 Å². The minimum Gasteiger partial charge on any atom is -0.488 e. The molecular formula is C17H18ClFO. The first-order valence-electron chi connectivity index (χ1n) is 6.55. The van der Waals surface area contributed by atoms with E-state index in [0.29, 0.717) is 5.56 Å². The van der Waals surface area contributed by atoms with E-state index in [2.05, 4.69) is 20.8 Å². The molecule has 0 atom stereocenters. The van der Waals surface area contributed by atoms with Gasteiger partial charge in [-0.15, -0.1) is 0 Å². The predicted octanol–water partition coefficient (Wildman–Crippen LogP) is 5.36. The Balaban J connectivity index is 2.22. The van der Waals surface area contributed by atoms with Gasteiger partial charge in [0, 0.05) is 5.56 Å². The third-order valence-corrected chi connectivity index (χ3v) is 3.40. The largest absolute Gasteiger partial charge is 0.488 e. The molecule has 0 fully saturated rings. The van der Waals surface area contributed by atoms with Gasteiger partial charge in [-0.3, -0.25) is 0 Å². The molecule has 0 heterocycles. The van der Waals surface area contributed by atoms with Crippen LogP contribution in [0.2, 0.25) is 5.02 Å². The fraction of sp³-hybridized carbons (Fsp3) is 0.294. The van der Waals surface area contributed by atoms with Crippen LogP contribution in [0.25, 0.3) is 0 Å². The molecule has 0 amide bonds. The molecule has 0 bridgehead atoms. The summed E-state index contributed by atoms with van der Waals surface area (Å²) in [5.41, 5.74) is 1.53. The monoisotopic (exact) mass is 292 g/mol. The first-order valence-corrected chi connectivity index (χ1v) is 6.92. The highest BCUT2D eigenvalue weighted by molar-refractivity contribution is 6.30. The summed E-state index contributed by atoms with van der Waals surface area (Å²) in [5, 5.41) is 0.121. The average Bonchev–Trinajstić information content (AvgIpc) is 2.40. The molecule has 1 nitrogen and oxygen atoms in total. The van der Waals surface area contributed by atoms with Gasteiger partial charge in [0.05, 0.1) is 5.02 Å². The Morgan fingerprint density at radius 3 is 2.45 bits per heavy atom. The highest BCUT2D eigenvalue weighted by Gasteiger charge is 2.18. The number of ether oxygens (including phenoxy) is 1. The van der Waals surface area contributed by atoms with E-state index in [-0.39, 0.29) is 17.0 Å². The van der Waals surface area contributed by atoms with Gasteiger partial charge in [-0.05, 0) is 23.1 Å². The van der Waals surface area contributed by atoms with Crippen LogP contribution >= 0.6 is 11.6 Å². The van der Waals surface area contributed by atoms with Crippen LogP contribution in [-0.4, -0.2) is 0 Å². The molecule has 0 aliphatic heterocycles. The molecule has 20 heavy (non-hydrogen) atoms. The van der Waals surface area contributed by atoms with Crippen molar-refractivity contribution in [3.63, 3.8) is 0 Å². The van der Waals surface area contributed by atoms with E-state index in [1.54, 1.807) is 12.1 Å². The minimum atomic E-state index is -0.414. The summed E-state index contributed by atoms with van der Waals surface area (Å²) in [5.74, 6) is 0.363. The van der Waals surface area contributed by atoms with Crippen LogP contribution in [-0.2, 0) is 12.0 Å². The molecule has 0 saturated heterocycles. The maximum absolute atomic E-state index is 13.8. The van der Waals surface area contributed by atoms with Crippen molar-refractivity contribution in [3.05, 3.63) is 64.4 Å². The van der Waals surface area contributed by atoms with Crippen molar-refractivity contribution in [1.29, 1.82) is 0 Å². The average molecular weight is 293 g/mol. The smallest absolute Gasteiger partial charge is 0.148 e. The van der Waals surface area contributed by atoms with Crippen LogP contribution < -0.4 is 4.74 Å². The fourth-order valence-electron chi connectivity index (χ4n) is 2.03. The number of rotatable bonds is 3. The van der Waals surface area contributed by atoms with Gasteiger partial charge in [0.25, 0.3) is 0 Å². The standard InChI is InChI=1S/C17H18ClFO/c1-17(2,3)13-8-4-5-10-15(13)20-11-12-7-6-9-14(18)16(12)19/h4-10H,11H2,1-3H3. The van der Waals surface area contributed by atoms with Gasteiger partial charge in [0.2, 0.25) is 0 Å². The molecule has 0 aliphatic rings. The third kappa shape index (κ3) is 3.31. The summed E-state index contributed by atoms with van der Waals surface area (Å²) in [6.07, 6.45) is 0. The lowest BCUT2D eigenvalue weighted by atomic mass is 9.86. The minimum absolute atomic E-state index is 0.0243. The van der Waals surface area contributed by atoms with Crippen LogP contribution in [0.5, 0.6) is 5.75 Å². The third-order valence-electron chi connectivity index (χ3n) is 3.11. The Morgan fingerprint density at radius 2 is 1.75 bits per heavy atom. The Hall–Kier alpha value is -1.54. The van der Waals surface area contributed by atoms with Gasteiger partial charge in [-0.1, -0.05) is 62.7 Å². The molecule has 106 valence electrons. The number of halogens is 2. The second kappa shape index (κ2) is 5.84. The SMILES string of the molecule is CC(C)(C)c1ccccc1OCc1cccc(Cl)c1F. The van der Waals surface area contributed by atoms with E-state index in [4.69, 9.17) is 16.3 Å². The van der Waals surface area contributed by atoms with Crippen molar-refractivity contribution in [2.45, 2.75) is 32.8 Å². The second-order valence-corrected chi connectivity index (χ2v) is 6.15. The molecule has 2 rings (SSSR count). The normalized spacial score (nSPS) is 11.4. The Kier molecular flexibility index (Phi) is 4.34. The maximum Gasteiger partial charge on any atom is 0.148 e. The quantitative estimate of drug-likeness (QED) is 0.740. The number of benzene rings is 2. The van der Waals surface area contributed by atoms with Crippen molar-refractivity contribution in [2.24, 2.45) is 0 Å². The predicted molar refractivity (Wildman–Crippen MR) is 80.9 cm³/mol. The topological polar surface area (TPSA) is 9.23 Å². The van der Waals surface area contributed by atoms with Crippen LogP contribution in [0, 0.1) is 5.82 Å². The van der Waals surface area contributed by atoms with Gasteiger partial charge < -0.3 is 4.74 Å². The number of hydrogen-bond donors (Lipinski definition) is 0.